The molecule has 3 aliphatic rings. The molecule has 0 saturated heterocycles. The van der Waals surface area contributed by atoms with Gasteiger partial charge < -0.3 is 9.13 Å². The lowest BCUT2D eigenvalue weighted by atomic mass is 9.74. The molecule has 65 heavy (non-hydrogen) atoms. The van der Waals surface area contributed by atoms with Gasteiger partial charge in [0, 0.05) is 63.6 Å². The smallest absolute Gasteiger partial charge is 0.179 e. The van der Waals surface area contributed by atoms with E-state index in [1.807, 2.05) is 12.4 Å². The number of pyridine rings is 1. The molecule has 1 aliphatic carbocycles. The third kappa shape index (κ3) is 5.44. The van der Waals surface area contributed by atoms with E-state index in [-0.39, 0.29) is 17.3 Å². The van der Waals surface area contributed by atoms with Crippen molar-refractivity contribution in [2.45, 2.75) is 31.1 Å². The molecule has 2 atom stereocenters. The summed E-state index contributed by atoms with van der Waals surface area (Å²) in [7, 11) is -3.03. The Morgan fingerprint density at radius 2 is 1.22 bits per heavy atom. The number of benzene rings is 7. The molecule has 0 radical (unpaired) electrons. The molecule has 0 spiro atoms. The second kappa shape index (κ2) is 14.4. The number of fused-ring (bicyclic) bond motifs is 11. The van der Waals surface area contributed by atoms with Crippen LogP contribution in [0, 0.1) is 0 Å². The number of aromatic nitrogens is 4. The summed E-state index contributed by atoms with van der Waals surface area (Å²) in [5.74, 6) is 2.32. The number of anilines is 3. The van der Waals surface area contributed by atoms with Gasteiger partial charge in [0.25, 0.3) is 0 Å². The third-order valence-corrected chi connectivity index (χ3v) is 19.3. The normalized spacial score (nSPS) is 16.9. The Kier molecular flexibility index (Phi) is 8.33. The Bertz CT molecular complexity index is 3510. The average molecular weight is 852 g/mol. The van der Waals surface area contributed by atoms with Crippen LogP contribution in [-0.2, 0) is 5.41 Å². The van der Waals surface area contributed by atoms with Crippen LogP contribution in [0.15, 0.2) is 230 Å². The maximum absolute atomic E-state index is 5.24. The van der Waals surface area contributed by atoms with Gasteiger partial charge in [-0.05, 0) is 86.5 Å². The molecule has 0 bridgehead atoms. The first-order chi connectivity index (χ1) is 32.0. The van der Waals surface area contributed by atoms with E-state index in [1.54, 1.807) is 0 Å². The van der Waals surface area contributed by atoms with Gasteiger partial charge in [0.1, 0.15) is 11.6 Å². The van der Waals surface area contributed by atoms with E-state index >= 15 is 0 Å². The molecular weight excluding hydrogens is 807 g/mol. The molecule has 5 nitrogen and oxygen atoms in total. The Balaban J connectivity index is 1.07. The standard InChI is InChI=1S/C59H45N5Si/c1-59(2)51-28-17-33-60-58(51)64(56-38-49-48-27-13-15-30-54(48)63(55(49)39-52(56)59)40-18-6-3-7-19-40)41-20-16-25-44(36-41)65(42-21-8-4-9-22-42,43-23-10-5-11-24-43)45-31-32-46-47-26-12-14-29-53(47)62-35-34-61-57(62)50(46)37-45/h3-39,46,50H,1-2H3. The third-order valence-electron chi connectivity index (χ3n) is 14.5. The van der Waals surface area contributed by atoms with Gasteiger partial charge >= 0.3 is 0 Å². The SMILES string of the molecule is CC1(C)c2cc3c(cc2N(c2cccc([Si](C4=CC5c6nccn6-c6ccccc6C5C=C4)(c4ccccc4)c4ccccc4)c2)c2ncccc21)c1ccccc1n3-c1ccccc1. The van der Waals surface area contributed by atoms with Crippen LogP contribution < -0.4 is 20.5 Å². The predicted octanol–water partition coefficient (Wildman–Crippen LogP) is 11.9. The predicted molar refractivity (Wildman–Crippen MR) is 269 cm³/mol. The number of hydrogen-bond donors (Lipinski definition) is 0. The fourth-order valence-electron chi connectivity index (χ4n) is 11.6. The fourth-order valence-corrected chi connectivity index (χ4v) is 16.5. The van der Waals surface area contributed by atoms with Crippen molar-refractivity contribution in [3.8, 4) is 11.4 Å². The zero-order valence-electron chi connectivity index (χ0n) is 36.3. The van der Waals surface area contributed by atoms with E-state index in [2.05, 4.69) is 240 Å². The molecular formula is C59H45N5Si. The Morgan fingerprint density at radius 3 is 2.02 bits per heavy atom. The van der Waals surface area contributed by atoms with Gasteiger partial charge in [0.15, 0.2) is 8.07 Å². The van der Waals surface area contributed by atoms with Crippen LogP contribution in [0.5, 0.6) is 0 Å². The average Bonchev–Trinajstić information content (AvgIpc) is 3.99. The molecule has 7 aromatic carbocycles. The number of rotatable bonds is 6. The Morgan fingerprint density at radius 1 is 0.523 bits per heavy atom. The van der Waals surface area contributed by atoms with Crippen molar-refractivity contribution in [1.82, 2.24) is 19.1 Å². The minimum Gasteiger partial charge on any atom is -0.309 e. The minimum atomic E-state index is -3.03. The van der Waals surface area contributed by atoms with Crippen LogP contribution in [0.2, 0.25) is 0 Å². The highest BCUT2D eigenvalue weighted by atomic mass is 28.3. The maximum atomic E-state index is 5.24. The largest absolute Gasteiger partial charge is 0.309 e. The molecule has 2 aliphatic heterocycles. The van der Waals surface area contributed by atoms with Crippen LogP contribution in [0.4, 0.5) is 17.2 Å². The number of allylic oxidation sites excluding steroid dienone is 4. The van der Waals surface area contributed by atoms with Crippen molar-refractivity contribution in [2.24, 2.45) is 0 Å². The van der Waals surface area contributed by atoms with Crippen molar-refractivity contribution >= 4 is 62.6 Å². The van der Waals surface area contributed by atoms with Crippen molar-refractivity contribution in [1.29, 1.82) is 0 Å². The summed E-state index contributed by atoms with van der Waals surface area (Å²) in [6, 6.07) is 69.7. The summed E-state index contributed by atoms with van der Waals surface area (Å²) in [6.45, 7) is 4.71. The van der Waals surface area contributed by atoms with Gasteiger partial charge in [-0.25, -0.2) is 9.97 Å². The number of imidazole rings is 1. The fraction of sp³-hybridized carbons (Fsp3) is 0.0847. The lowest BCUT2D eigenvalue weighted by Crippen LogP contribution is -2.68. The summed E-state index contributed by atoms with van der Waals surface area (Å²) >= 11 is 0. The van der Waals surface area contributed by atoms with Gasteiger partial charge in [0.2, 0.25) is 0 Å². The van der Waals surface area contributed by atoms with Crippen LogP contribution in [-0.4, -0.2) is 27.2 Å². The second-order valence-electron chi connectivity index (χ2n) is 18.2. The summed E-state index contributed by atoms with van der Waals surface area (Å²) in [6.07, 6.45) is 13.5. The van der Waals surface area contributed by atoms with Gasteiger partial charge in [-0.2, -0.15) is 0 Å². The minimum absolute atomic E-state index is 0.0788. The van der Waals surface area contributed by atoms with Crippen LogP contribution in [0.1, 0.15) is 48.2 Å². The summed E-state index contributed by atoms with van der Waals surface area (Å²) in [5.41, 5.74) is 10.5. The molecule has 0 N–H and O–H groups in total. The lowest BCUT2D eigenvalue weighted by Gasteiger charge is -2.42. The summed E-state index contributed by atoms with van der Waals surface area (Å²) < 4.78 is 4.73. The molecule has 0 amide bonds. The van der Waals surface area contributed by atoms with E-state index < -0.39 is 8.07 Å². The monoisotopic (exact) mass is 851 g/mol. The molecule has 13 rings (SSSR count). The topological polar surface area (TPSA) is 38.9 Å². The van der Waals surface area contributed by atoms with Gasteiger partial charge in [-0.3, -0.25) is 4.90 Å². The molecule has 0 fully saturated rings. The molecule has 6 heteroatoms. The lowest BCUT2D eigenvalue weighted by molar-refractivity contribution is 0.628. The zero-order chi connectivity index (χ0) is 43.3. The molecule has 2 unspecified atom stereocenters. The van der Waals surface area contributed by atoms with Crippen LogP contribution >= 0.6 is 0 Å². The molecule has 5 heterocycles. The van der Waals surface area contributed by atoms with Crippen LogP contribution in [0.25, 0.3) is 33.2 Å². The number of para-hydroxylation sites is 3. The summed E-state index contributed by atoms with van der Waals surface area (Å²) in [5, 5.41) is 7.80. The Labute approximate surface area is 380 Å². The quantitative estimate of drug-likeness (QED) is 0.124. The highest BCUT2D eigenvalue weighted by molar-refractivity contribution is 7.16. The zero-order valence-corrected chi connectivity index (χ0v) is 37.3. The maximum Gasteiger partial charge on any atom is 0.179 e. The second-order valence-corrected chi connectivity index (χ2v) is 22.0. The first kappa shape index (κ1) is 37.7. The highest BCUT2D eigenvalue weighted by Crippen LogP contribution is 2.53. The van der Waals surface area contributed by atoms with E-state index in [0.717, 1.165) is 28.7 Å². The van der Waals surface area contributed by atoms with Gasteiger partial charge in [-0.1, -0.05) is 166 Å². The molecule has 310 valence electrons. The first-order valence-corrected chi connectivity index (χ1v) is 24.7. The van der Waals surface area contributed by atoms with E-state index in [0.29, 0.717) is 0 Å². The van der Waals surface area contributed by atoms with Crippen molar-refractivity contribution in [3.05, 3.63) is 253 Å². The van der Waals surface area contributed by atoms with Crippen molar-refractivity contribution < 1.29 is 0 Å². The van der Waals surface area contributed by atoms with Crippen molar-refractivity contribution in [3.63, 3.8) is 0 Å². The van der Waals surface area contributed by atoms with Gasteiger partial charge in [-0.15, -0.1) is 0 Å². The molecule has 10 aromatic rings. The van der Waals surface area contributed by atoms with Crippen molar-refractivity contribution in [2.75, 3.05) is 4.90 Å². The first-order valence-electron chi connectivity index (χ1n) is 22.7. The van der Waals surface area contributed by atoms with E-state index in [1.165, 1.54) is 64.9 Å². The van der Waals surface area contributed by atoms with E-state index in [9.17, 15) is 0 Å². The Hall–Kier alpha value is -7.80. The number of nitrogens with zero attached hydrogens (tertiary/aromatic N) is 5. The number of hydrogen-bond acceptors (Lipinski definition) is 3. The summed E-state index contributed by atoms with van der Waals surface area (Å²) in [4.78, 5) is 12.7. The molecule has 0 saturated carbocycles. The van der Waals surface area contributed by atoms with Crippen LogP contribution in [0.3, 0.4) is 0 Å². The molecule has 3 aromatic heterocycles. The van der Waals surface area contributed by atoms with Gasteiger partial charge in [0.05, 0.1) is 22.4 Å². The highest BCUT2D eigenvalue weighted by Gasteiger charge is 2.46. The van der Waals surface area contributed by atoms with E-state index in [4.69, 9.17) is 9.97 Å².